The number of carbonyl (C=O) groups excluding carboxylic acids is 1. The summed E-state index contributed by atoms with van der Waals surface area (Å²) in [4.78, 5) is 13.0. The van der Waals surface area contributed by atoms with Crippen molar-refractivity contribution < 1.29 is 14.3 Å². The van der Waals surface area contributed by atoms with Crippen molar-refractivity contribution >= 4 is 5.78 Å². The molecule has 2 aliphatic rings. The summed E-state index contributed by atoms with van der Waals surface area (Å²) in [7, 11) is 0. The third-order valence-corrected chi connectivity index (χ3v) is 5.73. The number of ether oxygens (including phenoxy) is 2. The average molecular weight is 380 g/mol. The van der Waals surface area contributed by atoms with Crippen LogP contribution < -0.4 is 14.8 Å². The number of carbonyl (C=O) groups is 1. The molecule has 4 nitrogen and oxygen atoms in total. The van der Waals surface area contributed by atoms with Gasteiger partial charge in [-0.25, -0.2) is 0 Å². The molecule has 4 heteroatoms. The van der Waals surface area contributed by atoms with E-state index >= 15 is 0 Å². The maximum Gasteiger partial charge on any atom is 0.194 e. The van der Waals surface area contributed by atoms with Crippen LogP contribution in [-0.4, -0.2) is 31.1 Å². The van der Waals surface area contributed by atoms with Gasteiger partial charge >= 0.3 is 0 Å². The predicted octanol–water partition coefficient (Wildman–Crippen LogP) is 4.99. The molecule has 1 aliphatic heterocycles. The van der Waals surface area contributed by atoms with Crippen molar-refractivity contribution in [3.8, 4) is 22.6 Å². The van der Waals surface area contributed by atoms with E-state index in [4.69, 9.17) is 9.47 Å². The first-order chi connectivity index (χ1) is 13.7. The van der Waals surface area contributed by atoms with Crippen molar-refractivity contribution in [1.82, 2.24) is 5.32 Å². The standard InChI is InChI=1S/C24H29NO3/c1-3-14-27-16-11-12-17-19(15-16)24(26)18-8-7-10-22(23(17)18)28-21(4-2)20-9-5-6-13-25-20/h7-8,10-12,15,20-21,25H,3-6,9,13-14H2,1-2H3. The van der Waals surface area contributed by atoms with E-state index in [-0.39, 0.29) is 11.9 Å². The smallest absolute Gasteiger partial charge is 0.194 e. The van der Waals surface area contributed by atoms with Crippen LogP contribution in [0.3, 0.4) is 0 Å². The van der Waals surface area contributed by atoms with E-state index in [1.807, 2.05) is 36.4 Å². The zero-order valence-electron chi connectivity index (χ0n) is 16.8. The molecular formula is C24H29NO3. The Labute approximate surface area is 167 Å². The van der Waals surface area contributed by atoms with Crippen LogP contribution in [0.15, 0.2) is 36.4 Å². The van der Waals surface area contributed by atoms with E-state index in [9.17, 15) is 4.79 Å². The number of rotatable bonds is 7. The zero-order chi connectivity index (χ0) is 19.5. The molecule has 2 aromatic carbocycles. The minimum absolute atomic E-state index is 0.0567. The summed E-state index contributed by atoms with van der Waals surface area (Å²) in [5.41, 5.74) is 3.32. The third-order valence-electron chi connectivity index (χ3n) is 5.73. The second kappa shape index (κ2) is 8.36. The summed E-state index contributed by atoms with van der Waals surface area (Å²) in [6.07, 6.45) is 5.60. The Kier molecular flexibility index (Phi) is 5.67. The lowest BCUT2D eigenvalue weighted by Crippen LogP contribution is -2.45. The summed E-state index contributed by atoms with van der Waals surface area (Å²) in [6, 6.07) is 12.0. The molecule has 1 N–H and O–H groups in total. The summed E-state index contributed by atoms with van der Waals surface area (Å²) in [6.45, 7) is 5.95. The van der Waals surface area contributed by atoms with Crippen molar-refractivity contribution in [2.24, 2.45) is 0 Å². The van der Waals surface area contributed by atoms with Crippen LogP contribution in [0.5, 0.6) is 11.5 Å². The molecule has 4 rings (SSSR count). The predicted molar refractivity (Wildman–Crippen MR) is 111 cm³/mol. The highest BCUT2D eigenvalue weighted by Crippen LogP contribution is 2.44. The van der Waals surface area contributed by atoms with Crippen LogP contribution in [0.2, 0.25) is 0 Å². The maximum absolute atomic E-state index is 13.0. The molecule has 0 aromatic heterocycles. The molecule has 2 unspecified atom stereocenters. The normalized spacial score (nSPS) is 19.1. The molecule has 148 valence electrons. The summed E-state index contributed by atoms with van der Waals surface area (Å²) in [5, 5.41) is 3.60. The number of benzene rings is 2. The maximum atomic E-state index is 13.0. The van der Waals surface area contributed by atoms with E-state index in [1.165, 1.54) is 12.8 Å². The first kappa shape index (κ1) is 19.0. The number of ketones is 1. The minimum Gasteiger partial charge on any atom is -0.494 e. The Morgan fingerprint density at radius 1 is 1.11 bits per heavy atom. The third kappa shape index (κ3) is 3.53. The van der Waals surface area contributed by atoms with Gasteiger partial charge in [-0.3, -0.25) is 4.79 Å². The lowest BCUT2D eigenvalue weighted by molar-refractivity contribution is 0.104. The molecule has 2 aromatic rings. The molecule has 0 amide bonds. The fourth-order valence-corrected chi connectivity index (χ4v) is 4.29. The van der Waals surface area contributed by atoms with E-state index in [2.05, 4.69) is 19.2 Å². The van der Waals surface area contributed by atoms with Crippen LogP contribution >= 0.6 is 0 Å². The van der Waals surface area contributed by atoms with Gasteiger partial charge in [-0.1, -0.05) is 32.4 Å². The Morgan fingerprint density at radius 3 is 2.75 bits per heavy atom. The second-order valence-electron chi connectivity index (χ2n) is 7.68. The molecule has 2 atom stereocenters. The summed E-state index contributed by atoms with van der Waals surface area (Å²) < 4.78 is 12.2. The lowest BCUT2D eigenvalue weighted by Gasteiger charge is -2.31. The molecule has 0 bridgehead atoms. The Hall–Kier alpha value is -2.33. The molecule has 1 saturated heterocycles. The SMILES string of the molecule is CCCOc1ccc2c(c1)C(=O)c1cccc(OC(CC)C3CCCCN3)c1-2. The minimum atomic E-state index is 0.0567. The van der Waals surface area contributed by atoms with Crippen molar-refractivity contribution in [3.05, 3.63) is 47.5 Å². The molecular weight excluding hydrogens is 350 g/mol. The quantitative estimate of drug-likeness (QED) is 0.628. The van der Waals surface area contributed by atoms with Gasteiger partial charge in [-0.15, -0.1) is 0 Å². The largest absolute Gasteiger partial charge is 0.494 e. The lowest BCUT2D eigenvalue weighted by atomic mass is 9.98. The number of hydrogen-bond acceptors (Lipinski definition) is 4. The highest BCUT2D eigenvalue weighted by molar-refractivity contribution is 6.22. The molecule has 28 heavy (non-hydrogen) atoms. The van der Waals surface area contributed by atoms with Crippen molar-refractivity contribution in [3.63, 3.8) is 0 Å². The van der Waals surface area contributed by atoms with Gasteiger partial charge in [0.05, 0.1) is 6.61 Å². The van der Waals surface area contributed by atoms with Gasteiger partial charge in [0.1, 0.15) is 17.6 Å². The van der Waals surface area contributed by atoms with Gasteiger partial charge in [0.25, 0.3) is 0 Å². The molecule has 1 aliphatic carbocycles. The zero-order valence-corrected chi connectivity index (χ0v) is 16.8. The van der Waals surface area contributed by atoms with Crippen molar-refractivity contribution in [2.45, 2.75) is 58.1 Å². The highest BCUT2D eigenvalue weighted by Gasteiger charge is 2.32. The van der Waals surface area contributed by atoms with Gasteiger partial charge in [-0.05, 0) is 62.1 Å². The van der Waals surface area contributed by atoms with Crippen LogP contribution in [-0.2, 0) is 0 Å². The van der Waals surface area contributed by atoms with Crippen LogP contribution in [0.1, 0.15) is 61.9 Å². The second-order valence-corrected chi connectivity index (χ2v) is 7.68. The fraction of sp³-hybridized carbons (Fsp3) is 0.458. The monoisotopic (exact) mass is 379 g/mol. The molecule has 0 saturated carbocycles. The van der Waals surface area contributed by atoms with Crippen molar-refractivity contribution in [1.29, 1.82) is 0 Å². The van der Waals surface area contributed by atoms with Gasteiger partial charge in [0.2, 0.25) is 0 Å². The molecule has 0 spiro atoms. The highest BCUT2D eigenvalue weighted by atomic mass is 16.5. The van der Waals surface area contributed by atoms with E-state index in [0.29, 0.717) is 18.2 Å². The Balaban J connectivity index is 1.65. The number of piperidine rings is 1. The Morgan fingerprint density at radius 2 is 2.00 bits per heavy atom. The van der Waals surface area contributed by atoms with Crippen LogP contribution in [0.4, 0.5) is 0 Å². The van der Waals surface area contributed by atoms with E-state index in [0.717, 1.165) is 54.0 Å². The van der Waals surface area contributed by atoms with Gasteiger partial charge < -0.3 is 14.8 Å². The molecule has 1 fully saturated rings. The average Bonchev–Trinajstić information content (AvgIpc) is 3.03. The first-order valence-corrected chi connectivity index (χ1v) is 10.6. The summed E-state index contributed by atoms with van der Waals surface area (Å²) >= 11 is 0. The number of fused-ring (bicyclic) bond motifs is 3. The van der Waals surface area contributed by atoms with Gasteiger partial charge in [0.15, 0.2) is 5.78 Å². The van der Waals surface area contributed by atoms with Gasteiger partial charge in [0, 0.05) is 22.7 Å². The fourth-order valence-electron chi connectivity index (χ4n) is 4.29. The molecule has 0 radical (unpaired) electrons. The summed E-state index contributed by atoms with van der Waals surface area (Å²) in [5.74, 6) is 1.62. The first-order valence-electron chi connectivity index (χ1n) is 10.6. The topological polar surface area (TPSA) is 47.6 Å². The number of hydrogen-bond donors (Lipinski definition) is 1. The van der Waals surface area contributed by atoms with E-state index in [1.54, 1.807) is 0 Å². The van der Waals surface area contributed by atoms with E-state index < -0.39 is 0 Å². The van der Waals surface area contributed by atoms with Gasteiger partial charge in [-0.2, -0.15) is 0 Å². The van der Waals surface area contributed by atoms with Crippen molar-refractivity contribution in [2.75, 3.05) is 13.2 Å². The Bertz CT molecular complexity index is 855. The number of nitrogens with one attached hydrogen (secondary N) is 1. The van der Waals surface area contributed by atoms with Crippen LogP contribution in [0, 0.1) is 0 Å². The molecule has 1 heterocycles. The van der Waals surface area contributed by atoms with Crippen LogP contribution in [0.25, 0.3) is 11.1 Å².